The van der Waals surface area contributed by atoms with Crippen molar-refractivity contribution in [3.63, 3.8) is 0 Å². The van der Waals surface area contributed by atoms with Gasteiger partial charge in [-0.3, -0.25) is 9.59 Å². The lowest BCUT2D eigenvalue weighted by Crippen LogP contribution is -2.47. The fraction of sp³-hybridized carbons (Fsp3) is 0.652. The van der Waals surface area contributed by atoms with Crippen molar-refractivity contribution >= 4 is 11.9 Å². The monoisotopic (exact) mass is 370 g/mol. The van der Waals surface area contributed by atoms with Gasteiger partial charge in [0.2, 0.25) is 0 Å². The van der Waals surface area contributed by atoms with E-state index in [1.165, 1.54) is 25.0 Å². The summed E-state index contributed by atoms with van der Waals surface area (Å²) in [6, 6.07) is 0. The van der Waals surface area contributed by atoms with Crippen LogP contribution in [0.1, 0.15) is 66.2 Å². The molecule has 0 aliphatic heterocycles. The van der Waals surface area contributed by atoms with Gasteiger partial charge in [0.25, 0.3) is 0 Å². The summed E-state index contributed by atoms with van der Waals surface area (Å²) in [6.45, 7) is 7.63. The molecule has 0 radical (unpaired) electrons. The topological polar surface area (TPSA) is 52.6 Å². The number of ether oxygens (including phenoxy) is 2. The van der Waals surface area contributed by atoms with Crippen LogP contribution in [0.3, 0.4) is 0 Å². The van der Waals surface area contributed by atoms with E-state index in [2.05, 4.69) is 26.0 Å². The Bertz CT molecular complexity index is 773. The number of esters is 2. The summed E-state index contributed by atoms with van der Waals surface area (Å²) >= 11 is 0. The van der Waals surface area contributed by atoms with Crippen molar-refractivity contribution in [2.75, 3.05) is 0 Å². The van der Waals surface area contributed by atoms with Gasteiger partial charge in [-0.15, -0.1) is 0 Å². The first-order valence-corrected chi connectivity index (χ1v) is 10.2. The number of fused-ring (bicyclic) bond motifs is 5. The summed E-state index contributed by atoms with van der Waals surface area (Å²) in [5.74, 6) is 1.53. The van der Waals surface area contributed by atoms with Crippen LogP contribution < -0.4 is 0 Å². The van der Waals surface area contributed by atoms with Gasteiger partial charge in [-0.2, -0.15) is 0 Å². The molecule has 0 aromatic heterocycles. The Morgan fingerprint density at radius 3 is 2.56 bits per heavy atom. The Morgan fingerprint density at radius 1 is 1.07 bits per heavy atom. The Hall–Kier alpha value is -1.84. The average Bonchev–Trinajstić information content (AvgIpc) is 2.91. The number of carbonyl (C=O) groups is 2. The summed E-state index contributed by atoms with van der Waals surface area (Å²) in [6.07, 6.45) is 12.8. The lowest BCUT2D eigenvalue weighted by atomic mass is 9.49. The van der Waals surface area contributed by atoms with E-state index in [1.807, 2.05) is 6.08 Å². The van der Waals surface area contributed by atoms with Gasteiger partial charge in [0, 0.05) is 25.7 Å². The van der Waals surface area contributed by atoms with Gasteiger partial charge in [0.05, 0.1) is 0 Å². The normalized spacial score (nSPS) is 39.9. The molecule has 0 heterocycles. The molecule has 0 aromatic rings. The van der Waals surface area contributed by atoms with Crippen LogP contribution in [0.2, 0.25) is 0 Å². The fourth-order valence-electron chi connectivity index (χ4n) is 6.24. The maximum absolute atomic E-state index is 11.5. The Kier molecular flexibility index (Phi) is 4.36. The van der Waals surface area contributed by atoms with Gasteiger partial charge < -0.3 is 9.47 Å². The number of carbonyl (C=O) groups excluding carboxylic acids is 2. The van der Waals surface area contributed by atoms with Crippen molar-refractivity contribution in [3.05, 3.63) is 35.1 Å². The van der Waals surface area contributed by atoms with Crippen LogP contribution in [0, 0.1) is 22.7 Å². The smallest absolute Gasteiger partial charge is 0.307 e. The number of hydrogen-bond donors (Lipinski definition) is 0. The van der Waals surface area contributed by atoms with Crippen molar-refractivity contribution in [2.45, 2.75) is 72.3 Å². The number of hydrogen-bond acceptors (Lipinski definition) is 4. The minimum absolute atomic E-state index is 0.0372. The van der Waals surface area contributed by atoms with E-state index in [4.69, 9.17) is 9.47 Å². The predicted octanol–water partition coefficient (Wildman–Crippen LogP) is 4.86. The van der Waals surface area contributed by atoms with Crippen LogP contribution in [0.25, 0.3) is 0 Å². The van der Waals surface area contributed by atoms with E-state index in [0.717, 1.165) is 44.3 Å². The third kappa shape index (κ3) is 2.88. The molecule has 3 unspecified atom stereocenters. The number of rotatable bonds is 2. The molecule has 4 nitrogen and oxygen atoms in total. The zero-order valence-electron chi connectivity index (χ0n) is 16.8. The highest BCUT2D eigenvalue weighted by molar-refractivity contribution is 5.68. The van der Waals surface area contributed by atoms with Gasteiger partial charge >= 0.3 is 11.9 Å². The maximum Gasteiger partial charge on any atom is 0.307 e. The molecular formula is C23H30O4. The van der Waals surface area contributed by atoms with Crippen molar-refractivity contribution < 1.29 is 19.1 Å². The summed E-state index contributed by atoms with van der Waals surface area (Å²) in [5.41, 5.74) is 2.97. The van der Waals surface area contributed by atoms with Crippen molar-refractivity contribution in [1.82, 2.24) is 0 Å². The first kappa shape index (κ1) is 18.5. The molecule has 2 saturated carbocycles. The van der Waals surface area contributed by atoms with Crippen LogP contribution in [-0.4, -0.2) is 18.0 Å². The summed E-state index contributed by atoms with van der Waals surface area (Å²) in [4.78, 5) is 22.9. The number of allylic oxidation sites excluding steroid dienone is 4. The molecule has 4 heteroatoms. The lowest BCUT2D eigenvalue weighted by molar-refractivity contribution is -0.148. The molecule has 0 aromatic carbocycles. The second-order valence-corrected chi connectivity index (χ2v) is 9.19. The Labute approximate surface area is 161 Å². The molecule has 0 bridgehead atoms. The standard InChI is InChI=1S/C23H30O4/c1-14(24)26-17-9-11-22(3)16(13-17)5-6-18-19-7-8-21(27-15(2)25)23(19,4)12-10-20(18)22/h5,7-8,17-18,20H,6,9-13H2,1-4H3/t17?,18?,20?,22-,23-/m0/s1. The highest BCUT2D eigenvalue weighted by Crippen LogP contribution is 2.63. The first-order chi connectivity index (χ1) is 12.7. The van der Waals surface area contributed by atoms with Crippen LogP contribution in [0.5, 0.6) is 0 Å². The van der Waals surface area contributed by atoms with Crippen LogP contribution >= 0.6 is 0 Å². The molecule has 0 N–H and O–H groups in total. The van der Waals surface area contributed by atoms with E-state index >= 15 is 0 Å². The minimum Gasteiger partial charge on any atom is -0.462 e. The van der Waals surface area contributed by atoms with E-state index in [-0.39, 0.29) is 28.9 Å². The molecule has 4 aliphatic rings. The van der Waals surface area contributed by atoms with Gasteiger partial charge in [-0.05, 0) is 62.4 Å². The second-order valence-electron chi connectivity index (χ2n) is 9.19. The molecular weight excluding hydrogens is 340 g/mol. The van der Waals surface area contributed by atoms with E-state index in [9.17, 15) is 9.59 Å². The SMILES string of the molecule is CC(=O)OC1=CC=C2C3CC=C4CC(OC(C)=O)CC[C@]4(C)C3CC[C@]12C. The Balaban J connectivity index is 1.58. The summed E-state index contributed by atoms with van der Waals surface area (Å²) in [7, 11) is 0. The average molecular weight is 370 g/mol. The summed E-state index contributed by atoms with van der Waals surface area (Å²) in [5, 5.41) is 0. The van der Waals surface area contributed by atoms with Crippen LogP contribution in [0.15, 0.2) is 35.1 Å². The molecule has 0 spiro atoms. The molecule has 0 amide bonds. The molecule has 2 fully saturated rings. The van der Waals surface area contributed by atoms with E-state index < -0.39 is 0 Å². The third-order valence-corrected chi connectivity index (χ3v) is 7.63. The second kappa shape index (κ2) is 6.35. The molecule has 27 heavy (non-hydrogen) atoms. The lowest BCUT2D eigenvalue weighted by Gasteiger charge is -2.55. The van der Waals surface area contributed by atoms with Gasteiger partial charge in [0.15, 0.2) is 0 Å². The largest absolute Gasteiger partial charge is 0.462 e. The highest BCUT2D eigenvalue weighted by Gasteiger charge is 2.55. The summed E-state index contributed by atoms with van der Waals surface area (Å²) < 4.78 is 11.1. The zero-order valence-corrected chi connectivity index (χ0v) is 16.8. The van der Waals surface area contributed by atoms with Gasteiger partial charge in [-0.1, -0.05) is 30.2 Å². The van der Waals surface area contributed by atoms with Crippen LogP contribution in [0.4, 0.5) is 0 Å². The van der Waals surface area contributed by atoms with E-state index in [0.29, 0.717) is 11.8 Å². The fourth-order valence-corrected chi connectivity index (χ4v) is 6.24. The van der Waals surface area contributed by atoms with E-state index in [1.54, 1.807) is 0 Å². The zero-order chi connectivity index (χ0) is 19.4. The van der Waals surface area contributed by atoms with Crippen molar-refractivity contribution in [2.24, 2.45) is 22.7 Å². The van der Waals surface area contributed by atoms with Crippen molar-refractivity contribution in [3.8, 4) is 0 Å². The molecule has 4 aliphatic carbocycles. The maximum atomic E-state index is 11.5. The molecule has 0 saturated heterocycles. The van der Waals surface area contributed by atoms with Crippen molar-refractivity contribution in [1.29, 1.82) is 0 Å². The molecule has 4 rings (SSSR count). The third-order valence-electron chi connectivity index (χ3n) is 7.63. The molecule has 146 valence electrons. The first-order valence-electron chi connectivity index (χ1n) is 10.2. The quantitative estimate of drug-likeness (QED) is 0.515. The van der Waals surface area contributed by atoms with Gasteiger partial charge in [-0.25, -0.2) is 0 Å². The predicted molar refractivity (Wildman–Crippen MR) is 102 cm³/mol. The molecule has 5 atom stereocenters. The minimum atomic E-state index is -0.235. The van der Waals surface area contributed by atoms with Crippen LogP contribution in [-0.2, 0) is 19.1 Å². The van der Waals surface area contributed by atoms with Gasteiger partial charge in [0.1, 0.15) is 11.9 Å². The Morgan fingerprint density at radius 2 is 1.85 bits per heavy atom. The highest BCUT2D eigenvalue weighted by atomic mass is 16.5.